The van der Waals surface area contributed by atoms with Crippen molar-refractivity contribution in [2.24, 2.45) is 0 Å². The predicted molar refractivity (Wildman–Crippen MR) is 64.7 cm³/mol. The minimum absolute atomic E-state index is 0. The van der Waals surface area contributed by atoms with Crippen molar-refractivity contribution in [3.63, 3.8) is 0 Å². The van der Waals surface area contributed by atoms with Crippen molar-refractivity contribution >= 4 is 0 Å². The molecule has 0 bridgehead atoms. The Morgan fingerprint density at radius 1 is 1.06 bits per heavy atom. The molecule has 0 fully saturated rings. The van der Waals surface area contributed by atoms with Gasteiger partial charge < -0.3 is 5.11 Å². The van der Waals surface area contributed by atoms with Crippen LogP contribution >= 0.6 is 0 Å². The van der Waals surface area contributed by atoms with Gasteiger partial charge >= 0.3 is 88.5 Å². The Morgan fingerprint density at radius 3 is 1.75 bits per heavy atom. The summed E-state index contributed by atoms with van der Waals surface area (Å²) >= 11 is -1.48. The second-order valence-electron chi connectivity index (χ2n) is 3.77. The van der Waals surface area contributed by atoms with E-state index in [4.69, 9.17) is 5.11 Å². The Balaban J connectivity index is 0.000000386. The average molecular weight is 383 g/mol. The molecular weight excluding hydrogens is 363 g/mol. The fourth-order valence-corrected chi connectivity index (χ4v) is 11.5. The summed E-state index contributed by atoms with van der Waals surface area (Å²) in [7, 11) is 0. The molecule has 2 rings (SSSR count). The fourth-order valence-electron chi connectivity index (χ4n) is 2.00. The summed E-state index contributed by atoms with van der Waals surface area (Å²) in [6.07, 6.45) is 16.4. The molecule has 0 N–H and O–H groups in total. The van der Waals surface area contributed by atoms with Crippen LogP contribution in [0.3, 0.4) is 0 Å². The van der Waals surface area contributed by atoms with Gasteiger partial charge in [-0.2, -0.15) is 0 Å². The number of hydrogen-bond acceptors (Lipinski definition) is 1. The van der Waals surface area contributed by atoms with Crippen LogP contribution in [-0.4, -0.2) is 6.61 Å². The van der Waals surface area contributed by atoms with Gasteiger partial charge in [0.2, 0.25) is 0 Å². The van der Waals surface area contributed by atoms with Crippen molar-refractivity contribution in [3.05, 3.63) is 43.1 Å². The van der Waals surface area contributed by atoms with E-state index in [1.807, 2.05) is 6.66 Å². The molecule has 16 heavy (non-hydrogen) atoms. The van der Waals surface area contributed by atoms with Gasteiger partial charge in [-0.15, -0.1) is 6.61 Å². The van der Waals surface area contributed by atoms with Gasteiger partial charge in [-0.25, -0.2) is 0 Å². The Kier molecular flexibility index (Phi) is 6.90. The van der Waals surface area contributed by atoms with E-state index in [1.54, 1.807) is 6.92 Å². The molecule has 0 heterocycles. The third kappa shape index (κ3) is 3.99. The molecule has 0 aliphatic heterocycles. The molecule has 1 nitrogen and oxygen atoms in total. The van der Waals surface area contributed by atoms with Crippen molar-refractivity contribution in [3.8, 4) is 0 Å². The molecule has 0 amide bonds. The van der Waals surface area contributed by atoms with Gasteiger partial charge in [-0.1, -0.05) is 6.92 Å². The molecule has 0 radical (unpaired) electrons. The van der Waals surface area contributed by atoms with E-state index in [1.165, 1.54) is 17.0 Å². The van der Waals surface area contributed by atoms with Crippen LogP contribution in [-0.2, 0) is 21.4 Å². The molecule has 2 aliphatic carbocycles. The van der Waals surface area contributed by atoms with Crippen LogP contribution in [0, 0.1) is 0 Å². The molecule has 0 aromatic rings. The quantitative estimate of drug-likeness (QED) is 0.688. The normalized spacial score (nSPS) is 16.7. The first-order valence-corrected chi connectivity index (χ1v) is 12.1. The zero-order valence-corrected chi connectivity index (χ0v) is 13.8. The van der Waals surface area contributed by atoms with Crippen LogP contribution in [0.2, 0.25) is 4.18 Å². The van der Waals surface area contributed by atoms with Crippen LogP contribution in [0.25, 0.3) is 0 Å². The van der Waals surface area contributed by atoms with Gasteiger partial charge in [0, 0.05) is 0 Å². The Morgan fingerprint density at radius 2 is 1.50 bits per heavy atom. The topological polar surface area (TPSA) is 23.1 Å². The van der Waals surface area contributed by atoms with Gasteiger partial charge in [-0.3, -0.25) is 0 Å². The molecule has 2 aliphatic rings. The van der Waals surface area contributed by atoms with E-state index in [-0.39, 0.29) is 6.61 Å². The van der Waals surface area contributed by atoms with E-state index in [0.29, 0.717) is 0 Å². The zero-order chi connectivity index (χ0) is 11.8. The van der Waals surface area contributed by atoms with Crippen LogP contribution in [0.4, 0.5) is 0 Å². The van der Waals surface area contributed by atoms with Crippen LogP contribution in [0.5, 0.6) is 0 Å². The second-order valence-corrected chi connectivity index (χ2v) is 14.4. The first kappa shape index (κ1) is 13.9. The summed E-state index contributed by atoms with van der Waals surface area (Å²) < 4.78 is 5.07. The number of hydrogen-bond donors (Lipinski definition) is 0. The maximum atomic E-state index is 8.93. The summed E-state index contributed by atoms with van der Waals surface area (Å²) in [6, 6.07) is 0. The summed E-state index contributed by atoms with van der Waals surface area (Å²) in [4.78, 5) is 0. The summed E-state index contributed by atoms with van der Waals surface area (Å²) in [5.41, 5.74) is 0. The summed E-state index contributed by atoms with van der Waals surface area (Å²) in [5, 5.41) is 8.93. The fraction of sp³-hybridized carbons (Fsp3) is 0.429. The third-order valence-corrected chi connectivity index (χ3v) is 13.4. The second kappa shape index (κ2) is 7.97. The maximum absolute atomic E-state index is 8.93. The van der Waals surface area contributed by atoms with Crippen molar-refractivity contribution in [1.82, 2.24) is 0 Å². The Bertz CT molecular complexity index is 294. The molecule has 0 aromatic heterocycles. The minimum atomic E-state index is -1.48. The van der Waals surface area contributed by atoms with Gasteiger partial charge in [0.1, 0.15) is 0 Å². The standard InChI is InChI=1S/2C5H5.C2H5O.C2H5.Hf/c2*1-2-4-5-3-1;1-2-3;1-2;/h2*1-3H,4H2;2H2,1H3;1H2,2H3;/q;;-1;;+1. The number of allylic oxidation sites excluding steroid dienone is 8. The van der Waals surface area contributed by atoms with Gasteiger partial charge in [-0.05, 0) is 0 Å². The molecule has 2 heteroatoms. The first-order chi connectivity index (χ1) is 7.83. The zero-order valence-electron chi connectivity index (χ0n) is 10.2. The monoisotopic (exact) mass is 384 g/mol. The first-order valence-electron chi connectivity index (χ1n) is 5.99. The number of rotatable bonds is 3. The molecule has 0 aromatic carbocycles. The van der Waals surface area contributed by atoms with Crippen LogP contribution in [0.1, 0.15) is 26.7 Å². The van der Waals surface area contributed by atoms with Crippen LogP contribution < -0.4 is 5.11 Å². The summed E-state index contributed by atoms with van der Waals surface area (Å²) in [5.74, 6) is 0. The molecule has 86 valence electrons. The Hall–Kier alpha value is -0.210. The van der Waals surface area contributed by atoms with E-state index < -0.39 is 21.4 Å². The molecule has 0 atom stereocenters. The van der Waals surface area contributed by atoms with Crippen molar-refractivity contribution in [2.75, 3.05) is 6.61 Å². The van der Waals surface area contributed by atoms with E-state index >= 15 is 0 Å². The van der Waals surface area contributed by atoms with Crippen molar-refractivity contribution in [1.29, 1.82) is 0 Å². The van der Waals surface area contributed by atoms with Gasteiger partial charge in [0.05, 0.1) is 0 Å². The van der Waals surface area contributed by atoms with Crippen molar-refractivity contribution < 1.29 is 26.5 Å². The van der Waals surface area contributed by atoms with E-state index in [9.17, 15) is 0 Å². The molecule has 0 spiro atoms. The van der Waals surface area contributed by atoms with Crippen LogP contribution in [0.15, 0.2) is 43.1 Å². The van der Waals surface area contributed by atoms with Gasteiger partial charge in [0.25, 0.3) is 0 Å². The van der Waals surface area contributed by atoms with E-state index in [2.05, 4.69) is 43.4 Å². The van der Waals surface area contributed by atoms with Crippen molar-refractivity contribution in [2.45, 2.75) is 30.9 Å². The average Bonchev–Trinajstić information content (AvgIpc) is 2.92. The van der Waals surface area contributed by atoms with E-state index in [0.717, 1.165) is 0 Å². The van der Waals surface area contributed by atoms with Gasteiger partial charge in [0.15, 0.2) is 0 Å². The molecule has 0 unspecified atom stereocenters. The predicted octanol–water partition coefficient (Wildman–Crippen LogP) is 3.10. The SMILES string of the molecule is CC[O-].C[CH2][Hf+]([C]1=CC=CC1)[C]1=CC=CC1. The molecule has 0 saturated heterocycles. The Labute approximate surface area is 107 Å². The molecule has 0 saturated carbocycles. The molecular formula is C14H20HfO. The summed E-state index contributed by atoms with van der Waals surface area (Å²) in [6.45, 7) is 3.94. The third-order valence-electron chi connectivity index (χ3n) is 2.67.